The molecule has 0 spiro atoms. The molecule has 0 aliphatic heterocycles. The molecule has 20 heavy (non-hydrogen) atoms. The van der Waals surface area contributed by atoms with E-state index in [2.05, 4.69) is 14.9 Å². The van der Waals surface area contributed by atoms with Gasteiger partial charge in [0, 0.05) is 24.0 Å². The van der Waals surface area contributed by atoms with Gasteiger partial charge in [0.25, 0.3) is 0 Å². The van der Waals surface area contributed by atoms with Crippen molar-refractivity contribution in [3.8, 4) is 0 Å². The van der Waals surface area contributed by atoms with E-state index in [1.54, 1.807) is 6.07 Å². The highest BCUT2D eigenvalue weighted by atomic mass is 19.1. The van der Waals surface area contributed by atoms with Crippen LogP contribution in [-0.4, -0.2) is 9.55 Å². The number of anilines is 1. The van der Waals surface area contributed by atoms with Crippen LogP contribution in [0.4, 0.5) is 10.3 Å². The Morgan fingerprint density at radius 2 is 2.05 bits per heavy atom. The summed E-state index contributed by atoms with van der Waals surface area (Å²) in [5, 5.41) is 3.34. The predicted molar refractivity (Wildman–Crippen MR) is 78.2 cm³/mol. The SMILES string of the molecule is CC(Nc1nccn1C1CCCC1)c1ccccc1F. The fourth-order valence-corrected chi connectivity index (χ4v) is 3.00. The lowest BCUT2D eigenvalue weighted by Crippen LogP contribution is -2.14. The quantitative estimate of drug-likeness (QED) is 0.899. The minimum Gasteiger partial charge on any atom is -0.349 e. The van der Waals surface area contributed by atoms with Gasteiger partial charge in [-0.05, 0) is 25.8 Å². The molecule has 1 saturated carbocycles. The van der Waals surface area contributed by atoms with E-state index in [1.807, 2.05) is 31.5 Å². The van der Waals surface area contributed by atoms with Gasteiger partial charge in [0.1, 0.15) is 5.82 Å². The second-order valence-electron chi connectivity index (χ2n) is 5.48. The number of hydrogen-bond acceptors (Lipinski definition) is 2. The van der Waals surface area contributed by atoms with Crippen molar-refractivity contribution in [3.05, 3.63) is 48.0 Å². The zero-order valence-electron chi connectivity index (χ0n) is 11.7. The summed E-state index contributed by atoms with van der Waals surface area (Å²) < 4.78 is 16.0. The summed E-state index contributed by atoms with van der Waals surface area (Å²) >= 11 is 0. The molecule has 4 heteroatoms. The van der Waals surface area contributed by atoms with Gasteiger partial charge in [-0.3, -0.25) is 0 Å². The zero-order chi connectivity index (χ0) is 13.9. The molecule has 1 aromatic heterocycles. The smallest absolute Gasteiger partial charge is 0.203 e. The maximum atomic E-state index is 13.8. The molecule has 0 amide bonds. The van der Waals surface area contributed by atoms with Crippen LogP contribution in [0.25, 0.3) is 0 Å². The first-order chi connectivity index (χ1) is 9.75. The minimum absolute atomic E-state index is 0.0984. The Labute approximate surface area is 118 Å². The fraction of sp³-hybridized carbons (Fsp3) is 0.438. The number of rotatable bonds is 4. The summed E-state index contributed by atoms with van der Waals surface area (Å²) in [5.74, 6) is 0.666. The van der Waals surface area contributed by atoms with E-state index >= 15 is 0 Å². The zero-order valence-corrected chi connectivity index (χ0v) is 11.7. The maximum Gasteiger partial charge on any atom is 0.203 e. The van der Waals surface area contributed by atoms with Crippen molar-refractivity contribution in [2.24, 2.45) is 0 Å². The third kappa shape index (κ3) is 2.55. The van der Waals surface area contributed by atoms with Gasteiger partial charge in [-0.1, -0.05) is 31.0 Å². The van der Waals surface area contributed by atoms with Gasteiger partial charge < -0.3 is 9.88 Å². The number of hydrogen-bond donors (Lipinski definition) is 1. The van der Waals surface area contributed by atoms with Gasteiger partial charge in [0.2, 0.25) is 5.95 Å². The van der Waals surface area contributed by atoms with Crippen molar-refractivity contribution >= 4 is 5.95 Å². The molecule has 3 rings (SSSR count). The highest BCUT2D eigenvalue weighted by Gasteiger charge is 2.20. The molecule has 0 saturated heterocycles. The molecule has 1 fully saturated rings. The van der Waals surface area contributed by atoms with Crippen LogP contribution in [-0.2, 0) is 0 Å². The Morgan fingerprint density at radius 1 is 1.30 bits per heavy atom. The predicted octanol–water partition coefficient (Wildman–Crippen LogP) is 4.31. The van der Waals surface area contributed by atoms with Crippen molar-refractivity contribution < 1.29 is 4.39 Å². The van der Waals surface area contributed by atoms with Gasteiger partial charge in [-0.15, -0.1) is 0 Å². The van der Waals surface area contributed by atoms with Gasteiger partial charge in [0.15, 0.2) is 0 Å². The Balaban J connectivity index is 1.78. The molecule has 0 radical (unpaired) electrons. The standard InChI is InChI=1S/C16H20FN3/c1-12(14-8-4-5-9-15(14)17)19-16-18-10-11-20(16)13-6-2-3-7-13/h4-5,8-13H,2-3,6-7H2,1H3,(H,18,19). The lowest BCUT2D eigenvalue weighted by molar-refractivity contribution is 0.520. The number of nitrogens with zero attached hydrogens (tertiary/aromatic N) is 2. The fourth-order valence-electron chi connectivity index (χ4n) is 3.00. The van der Waals surface area contributed by atoms with E-state index in [0.717, 1.165) is 5.95 Å². The number of imidazole rings is 1. The summed E-state index contributed by atoms with van der Waals surface area (Å²) in [4.78, 5) is 4.39. The van der Waals surface area contributed by atoms with E-state index < -0.39 is 0 Å². The van der Waals surface area contributed by atoms with E-state index in [0.29, 0.717) is 11.6 Å². The van der Waals surface area contributed by atoms with Crippen molar-refractivity contribution in [2.75, 3.05) is 5.32 Å². The molecule has 3 nitrogen and oxygen atoms in total. The normalized spacial score (nSPS) is 17.3. The van der Waals surface area contributed by atoms with Crippen LogP contribution in [0.1, 0.15) is 50.3 Å². The van der Waals surface area contributed by atoms with Crippen LogP contribution in [0.5, 0.6) is 0 Å². The first kappa shape index (κ1) is 13.2. The average Bonchev–Trinajstić information content (AvgIpc) is 3.09. The first-order valence-electron chi connectivity index (χ1n) is 7.29. The van der Waals surface area contributed by atoms with E-state index in [4.69, 9.17) is 0 Å². The number of halogens is 1. The molecular formula is C16H20FN3. The van der Waals surface area contributed by atoms with E-state index in [9.17, 15) is 4.39 Å². The van der Waals surface area contributed by atoms with Crippen molar-refractivity contribution in [1.29, 1.82) is 0 Å². The molecule has 0 bridgehead atoms. The third-order valence-corrected chi connectivity index (χ3v) is 4.10. The molecule has 2 aromatic rings. The van der Waals surface area contributed by atoms with Crippen LogP contribution in [0.3, 0.4) is 0 Å². The number of aromatic nitrogens is 2. The lowest BCUT2D eigenvalue weighted by Gasteiger charge is -2.20. The van der Waals surface area contributed by atoms with Crippen molar-refractivity contribution in [2.45, 2.75) is 44.7 Å². The number of benzene rings is 1. The summed E-state index contributed by atoms with van der Waals surface area (Å²) in [6.45, 7) is 1.96. The summed E-state index contributed by atoms with van der Waals surface area (Å²) in [7, 11) is 0. The lowest BCUT2D eigenvalue weighted by atomic mass is 10.1. The highest BCUT2D eigenvalue weighted by Crippen LogP contribution is 2.32. The Kier molecular flexibility index (Phi) is 3.72. The maximum absolute atomic E-state index is 13.8. The number of nitrogens with one attached hydrogen (secondary N) is 1. The highest BCUT2D eigenvalue weighted by molar-refractivity contribution is 5.33. The largest absolute Gasteiger partial charge is 0.349 e. The van der Waals surface area contributed by atoms with Crippen LogP contribution >= 0.6 is 0 Å². The second-order valence-corrected chi connectivity index (χ2v) is 5.48. The van der Waals surface area contributed by atoms with Crippen LogP contribution < -0.4 is 5.32 Å². The van der Waals surface area contributed by atoms with Crippen LogP contribution in [0.2, 0.25) is 0 Å². The third-order valence-electron chi connectivity index (χ3n) is 4.10. The van der Waals surface area contributed by atoms with E-state index in [-0.39, 0.29) is 11.9 Å². The molecule has 1 heterocycles. The van der Waals surface area contributed by atoms with Crippen molar-refractivity contribution in [3.63, 3.8) is 0 Å². The van der Waals surface area contributed by atoms with E-state index in [1.165, 1.54) is 31.7 Å². The monoisotopic (exact) mass is 273 g/mol. The molecular weight excluding hydrogens is 253 g/mol. The Bertz CT molecular complexity index is 573. The topological polar surface area (TPSA) is 29.9 Å². The molecule has 1 aliphatic rings. The minimum atomic E-state index is -0.175. The Hall–Kier alpha value is -1.84. The summed E-state index contributed by atoms with van der Waals surface area (Å²) in [5.41, 5.74) is 0.675. The van der Waals surface area contributed by atoms with Gasteiger partial charge in [0.05, 0.1) is 6.04 Å². The Morgan fingerprint density at radius 3 is 2.80 bits per heavy atom. The second kappa shape index (κ2) is 5.65. The van der Waals surface area contributed by atoms with Gasteiger partial charge in [-0.2, -0.15) is 0 Å². The molecule has 1 unspecified atom stereocenters. The molecule has 1 N–H and O–H groups in total. The van der Waals surface area contributed by atoms with Crippen LogP contribution in [0.15, 0.2) is 36.7 Å². The molecule has 1 aromatic carbocycles. The molecule has 1 atom stereocenters. The molecule has 1 aliphatic carbocycles. The summed E-state index contributed by atoms with van der Waals surface area (Å²) in [6, 6.07) is 7.32. The van der Waals surface area contributed by atoms with Gasteiger partial charge in [-0.25, -0.2) is 9.37 Å². The van der Waals surface area contributed by atoms with Crippen LogP contribution in [0, 0.1) is 5.82 Å². The average molecular weight is 273 g/mol. The summed E-state index contributed by atoms with van der Waals surface area (Å²) in [6.07, 6.45) is 8.82. The molecule has 106 valence electrons. The first-order valence-corrected chi connectivity index (χ1v) is 7.29. The van der Waals surface area contributed by atoms with Crippen molar-refractivity contribution in [1.82, 2.24) is 9.55 Å². The van der Waals surface area contributed by atoms with Gasteiger partial charge >= 0.3 is 0 Å².